The van der Waals surface area contributed by atoms with E-state index in [-0.39, 0.29) is 5.69 Å². The molecule has 0 saturated heterocycles. The van der Waals surface area contributed by atoms with Gasteiger partial charge < -0.3 is 4.74 Å². The zero-order chi connectivity index (χ0) is 20.2. The van der Waals surface area contributed by atoms with Crippen molar-refractivity contribution in [1.82, 2.24) is 15.0 Å². The molecule has 0 saturated carbocycles. The first-order valence-corrected chi connectivity index (χ1v) is 9.27. The number of pyridine rings is 3. The van der Waals surface area contributed by atoms with Crippen molar-refractivity contribution >= 4 is 16.8 Å². The van der Waals surface area contributed by atoms with Crippen LogP contribution in [0.4, 0.5) is 0 Å². The molecule has 0 amide bonds. The number of hydrogen-bond donors (Lipinski definition) is 0. The summed E-state index contributed by atoms with van der Waals surface area (Å²) in [4.78, 5) is 25.0. The number of ether oxygens (including phenoxy) is 1. The van der Waals surface area contributed by atoms with Crippen LogP contribution < -0.4 is 4.74 Å². The number of nitrogens with zero attached hydrogens (tertiary/aromatic N) is 3. The van der Waals surface area contributed by atoms with Crippen molar-refractivity contribution in [2.24, 2.45) is 0 Å². The third kappa shape index (κ3) is 4.15. The molecule has 0 atom stereocenters. The number of carbonyl (C=O) groups is 1. The summed E-state index contributed by atoms with van der Waals surface area (Å²) in [6.45, 7) is 0. The Morgan fingerprint density at radius 3 is 2.17 bits per heavy atom. The Bertz CT molecular complexity index is 1160. The highest BCUT2D eigenvalue weighted by Gasteiger charge is 2.12. The highest BCUT2D eigenvalue weighted by molar-refractivity contribution is 6.67. The van der Waals surface area contributed by atoms with Crippen molar-refractivity contribution < 1.29 is 9.53 Å². The predicted octanol–water partition coefficient (Wildman–Crippen LogP) is 5.26. The van der Waals surface area contributed by atoms with Crippen LogP contribution >= 0.6 is 11.6 Å². The van der Waals surface area contributed by atoms with E-state index in [1.165, 1.54) is 0 Å². The first-order chi connectivity index (χ1) is 14.1. The maximum Gasteiger partial charge on any atom is 0.270 e. The number of rotatable bonds is 5. The lowest BCUT2D eigenvalue weighted by Gasteiger charge is -2.10. The number of carbonyl (C=O) groups excluding carboxylic acids is 1. The number of methoxy groups -OCH3 is 1. The van der Waals surface area contributed by atoms with Crippen LogP contribution in [0.1, 0.15) is 10.5 Å². The molecule has 3 aromatic heterocycles. The predicted molar refractivity (Wildman–Crippen MR) is 113 cm³/mol. The second-order valence-electron chi connectivity index (χ2n) is 6.25. The molecule has 0 aliphatic heterocycles. The van der Waals surface area contributed by atoms with Crippen LogP contribution in [0.25, 0.3) is 33.9 Å². The fourth-order valence-electron chi connectivity index (χ4n) is 2.94. The molecule has 6 heteroatoms. The van der Waals surface area contributed by atoms with Crippen molar-refractivity contribution in [1.29, 1.82) is 0 Å². The third-order valence-corrected chi connectivity index (χ3v) is 4.58. The lowest BCUT2D eigenvalue weighted by molar-refractivity contribution is 0.107. The van der Waals surface area contributed by atoms with E-state index in [0.717, 1.165) is 22.6 Å². The van der Waals surface area contributed by atoms with E-state index >= 15 is 0 Å². The van der Waals surface area contributed by atoms with E-state index in [1.807, 2.05) is 54.6 Å². The fourth-order valence-corrected chi connectivity index (χ4v) is 3.05. The standard InChI is InChI=1S/C23H16ClN3O2/c1-29-17-10-8-15(9-11-17)16-13-21(18-5-2-3-12-25-18)27-22(14-16)19-6-4-7-20(26-19)23(24)28/h2-14H,1H3. The van der Waals surface area contributed by atoms with Crippen molar-refractivity contribution in [3.63, 3.8) is 0 Å². The molecule has 0 spiro atoms. The minimum atomic E-state index is -0.608. The van der Waals surface area contributed by atoms with Crippen molar-refractivity contribution in [2.45, 2.75) is 0 Å². The monoisotopic (exact) mass is 401 g/mol. The van der Waals surface area contributed by atoms with E-state index < -0.39 is 5.24 Å². The number of aromatic nitrogens is 3. The average Bonchev–Trinajstić information content (AvgIpc) is 2.79. The molecular formula is C23H16ClN3O2. The molecule has 0 bridgehead atoms. The molecule has 3 heterocycles. The Morgan fingerprint density at radius 2 is 1.52 bits per heavy atom. The summed E-state index contributed by atoms with van der Waals surface area (Å²) < 4.78 is 5.25. The van der Waals surface area contributed by atoms with Gasteiger partial charge in [-0.2, -0.15) is 0 Å². The molecule has 4 rings (SSSR count). The Hall–Kier alpha value is -3.57. The molecule has 0 radical (unpaired) electrons. The van der Waals surface area contributed by atoms with Gasteiger partial charge >= 0.3 is 0 Å². The van der Waals surface area contributed by atoms with Gasteiger partial charge in [-0.1, -0.05) is 24.3 Å². The Labute approximate surface area is 173 Å². The summed E-state index contributed by atoms with van der Waals surface area (Å²) in [5.41, 5.74) is 4.76. The zero-order valence-electron chi connectivity index (χ0n) is 15.5. The topological polar surface area (TPSA) is 65.0 Å². The molecule has 1 aromatic carbocycles. The van der Waals surface area contributed by atoms with E-state index in [9.17, 15) is 4.79 Å². The van der Waals surface area contributed by atoms with Crippen LogP contribution in [-0.2, 0) is 0 Å². The molecule has 4 aromatic rings. The van der Waals surface area contributed by atoms with Gasteiger partial charge in [-0.15, -0.1) is 0 Å². The largest absolute Gasteiger partial charge is 0.497 e. The van der Waals surface area contributed by atoms with Crippen molar-refractivity contribution in [2.75, 3.05) is 7.11 Å². The Morgan fingerprint density at radius 1 is 0.793 bits per heavy atom. The fraction of sp³-hybridized carbons (Fsp3) is 0.0435. The van der Waals surface area contributed by atoms with E-state index in [4.69, 9.17) is 21.3 Å². The van der Waals surface area contributed by atoms with Crippen LogP contribution in [0.2, 0.25) is 0 Å². The second kappa shape index (κ2) is 8.20. The molecule has 0 aliphatic rings. The summed E-state index contributed by atoms with van der Waals surface area (Å²) in [7, 11) is 1.63. The molecule has 0 N–H and O–H groups in total. The summed E-state index contributed by atoms with van der Waals surface area (Å²) >= 11 is 5.60. The third-order valence-electron chi connectivity index (χ3n) is 4.39. The van der Waals surface area contributed by atoms with Crippen LogP contribution in [0.3, 0.4) is 0 Å². The maximum atomic E-state index is 11.5. The summed E-state index contributed by atoms with van der Waals surface area (Å²) in [5.74, 6) is 0.781. The first kappa shape index (κ1) is 18.8. The second-order valence-corrected chi connectivity index (χ2v) is 6.59. The van der Waals surface area contributed by atoms with Crippen LogP contribution in [-0.4, -0.2) is 27.3 Å². The van der Waals surface area contributed by atoms with Gasteiger partial charge in [0.05, 0.1) is 29.9 Å². The first-order valence-electron chi connectivity index (χ1n) is 8.89. The quantitative estimate of drug-likeness (QED) is 0.427. The van der Waals surface area contributed by atoms with Gasteiger partial charge in [0.25, 0.3) is 5.24 Å². The molecule has 0 fully saturated rings. The van der Waals surface area contributed by atoms with E-state index in [2.05, 4.69) is 9.97 Å². The molecule has 29 heavy (non-hydrogen) atoms. The minimum Gasteiger partial charge on any atom is -0.497 e. The molecule has 142 valence electrons. The minimum absolute atomic E-state index is 0.181. The van der Waals surface area contributed by atoms with Gasteiger partial charge in [0.15, 0.2) is 0 Å². The summed E-state index contributed by atoms with van der Waals surface area (Å²) in [6.07, 6.45) is 1.72. The van der Waals surface area contributed by atoms with Gasteiger partial charge in [0, 0.05) is 6.20 Å². The zero-order valence-corrected chi connectivity index (χ0v) is 16.3. The van der Waals surface area contributed by atoms with E-state index in [1.54, 1.807) is 31.5 Å². The average molecular weight is 402 g/mol. The number of halogens is 1. The Kier molecular flexibility index (Phi) is 5.31. The van der Waals surface area contributed by atoms with Gasteiger partial charge in [0.2, 0.25) is 0 Å². The van der Waals surface area contributed by atoms with E-state index in [0.29, 0.717) is 17.1 Å². The molecular weight excluding hydrogens is 386 g/mol. The van der Waals surface area contributed by atoms with Crippen LogP contribution in [0.5, 0.6) is 5.75 Å². The highest BCUT2D eigenvalue weighted by atomic mass is 35.5. The lowest BCUT2D eigenvalue weighted by atomic mass is 10.0. The van der Waals surface area contributed by atoms with Crippen LogP contribution in [0, 0.1) is 0 Å². The van der Waals surface area contributed by atoms with Gasteiger partial charge in [-0.3, -0.25) is 9.78 Å². The molecule has 0 aliphatic carbocycles. The summed E-state index contributed by atoms with van der Waals surface area (Å²) in [5, 5.41) is -0.608. The number of benzene rings is 1. The molecule has 5 nitrogen and oxygen atoms in total. The van der Waals surface area contributed by atoms with Gasteiger partial charge in [0.1, 0.15) is 11.4 Å². The highest BCUT2D eigenvalue weighted by Crippen LogP contribution is 2.30. The van der Waals surface area contributed by atoms with Crippen LogP contribution in [0.15, 0.2) is 79.0 Å². The van der Waals surface area contributed by atoms with Crippen molar-refractivity contribution in [3.8, 4) is 39.7 Å². The maximum absolute atomic E-state index is 11.5. The smallest absolute Gasteiger partial charge is 0.270 e. The number of hydrogen-bond acceptors (Lipinski definition) is 5. The normalized spacial score (nSPS) is 10.6. The lowest BCUT2D eigenvalue weighted by Crippen LogP contribution is -1.98. The Balaban J connectivity index is 1.88. The van der Waals surface area contributed by atoms with Crippen molar-refractivity contribution in [3.05, 3.63) is 84.7 Å². The van der Waals surface area contributed by atoms with Gasteiger partial charge in [-0.05, 0) is 71.3 Å². The molecule has 0 unspecified atom stereocenters. The SMILES string of the molecule is COc1ccc(-c2cc(-c3ccccn3)nc(-c3cccc(C(=O)Cl)n3)c2)cc1. The summed E-state index contributed by atoms with van der Waals surface area (Å²) in [6, 6.07) is 22.4. The van der Waals surface area contributed by atoms with Gasteiger partial charge in [-0.25, -0.2) is 9.97 Å².